The number of nitrogens with zero attached hydrogens (tertiary/aromatic N) is 2. The third-order valence-electron chi connectivity index (χ3n) is 5.25. The van der Waals surface area contributed by atoms with E-state index in [2.05, 4.69) is 11.4 Å². The highest BCUT2D eigenvalue weighted by molar-refractivity contribution is 5.84. The van der Waals surface area contributed by atoms with E-state index in [4.69, 9.17) is 4.74 Å². The third-order valence-corrected chi connectivity index (χ3v) is 5.25. The molecule has 1 fully saturated rings. The van der Waals surface area contributed by atoms with Gasteiger partial charge in [0.25, 0.3) is 0 Å². The van der Waals surface area contributed by atoms with Crippen LogP contribution in [0.2, 0.25) is 0 Å². The van der Waals surface area contributed by atoms with Crippen LogP contribution < -0.4 is 5.32 Å². The summed E-state index contributed by atoms with van der Waals surface area (Å²) in [4.78, 5) is 39.3. The van der Waals surface area contributed by atoms with Crippen LogP contribution in [0.15, 0.2) is 11.6 Å². The average Bonchev–Trinajstić information content (AvgIpc) is 2.66. The smallest absolute Gasteiger partial charge is 0.409 e. The molecule has 3 amide bonds. The van der Waals surface area contributed by atoms with Gasteiger partial charge in [-0.2, -0.15) is 0 Å². The van der Waals surface area contributed by atoms with Gasteiger partial charge in [-0.05, 0) is 51.9 Å². The lowest BCUT2D eigenvalue weighted by molar-refractivity contribution is -0.134. The highest BCUT2D eigenvalue weighted by atomic mass is 16.6. The minimum atomic E-state index is -0.290. The molecule has 7 nitrogen and oxygen atoms in total. The van der Waals surface area contributed by atoms with Gasteiger partial charge < -0.3 is 19.9 Å². The number of hydrogen-bond donors (Lipinski definition) is 1. The maximum absolute atomic E-state index is 12.4. The predicted octanol–water partition coefficient (Wildman–Crippen LogP) is 2.46. The minimum absolute atomic E-state index is 0.0398. The molecule has 0 aromatic rings. The third kappa shape index (κ3) is 7.23. The quantitative estimate of drug-likeness (QED) is 0.689. The highest BCUT2D eigenvalue weighted by Crippen LogP contribution is 2.20. The maximum Gasteiger partial charge on any atom is 0.409 e. The van der Waals surface area contributed by atoms with Crippen molar-refractivity contribution >= 4 is 17.9 Å². The first kappa shape index (κ1) is 21.3. The predicted molar refractivity (Wildman–Crippen MR) is 103 cm³/mol. The minimum Gasteiger partial charge on any atom is -0.450 e. The van der Waals surface area contributed by atoms with E-state index >= 15 is 0 Å². The summed E-state index contributed by atoms with van der Waals surface area (Å²) in [6, 6.07) is 0.0398. The van der Waals surface area contributed by atoms with E-state index in [-0.39, 0.29) is 30.5 Å². The Hall–Kier alpha value is -2.05. The summed E-state index contributed by atoms with van der Waals surface area (Å²) in [7, 11) is 0. The van der Waals surface area contributed by atoms with Crippen molar-refractivity contribution in [2.45, 2.75) is 64.8 Å². The van der Waals surface area contributed by atoms with Gasteiger partial charge >= 0.3 is 6.09 Å². The van der Waals surface area contributed by atoms with Crippen LogP contribution in [0.1, 0.15) is 58.8 Å². The molecular formula is C20H33N3O4. The van der Waals surface area contributed by atoms with Gasteiger partial charge in [0.1, 0.15) is 0 Å². The molecule has 0 bridgehead atoms. The largest absolute Gasteiger partial charge is 0.450 e. The summed E-state index contributed by atoms with van der Waals surface area (Å²) >= 11 is 0. The van der Waals surface area contributed by atoms with Crippen LogP contribution in [-0.4, -0.2) is 66.5 Å². The Kier molecular flexibility index (Phi) is 8.61. The number of ether oxygens (including phenoxy) is 1. The zero-order valence-electron chi connectivity index (χ0n) is 16.7. The summed E-state index contributed by atoms with van der Waals surface area (Å²) in [6.45, 7) is 5.52. The number of rotatable bonds is 7. The molecule has 1 aliphatic carbocycles. The lowest BCUT2D eigenvalue weighted by atomic mass is 9.97. The van der Waals surface area contributed by atoms with Gasteiger partial charge in [-0.15, -0.1) is 0 Å². The first-order chi connectivity index (χ1) is 13.0. The second-order valence-electron chi connectivity index (χ2n) is 7.33. The van der Waals surface area contributed by atoms with E-state index in [9.17, 15) is 14.4 Å². The van der Waals surface area contributed by atoms with Gasteiger partial charge in [-0.1, -0.05) is 11.6 Å². The van der Waals surface area contributed by atoms with E-state index in [1.165, 1.54) is 25.3 Å². The van der Waals surface area contributed by atoms with E-state index < -0.39 is 0 Å². The average molecular weight is 380 g/mol. The molecule has 0 aromatic carbocycles. The summed E-state index contributed by atoms with van der Waals surface area (Å²) in [5.41, 5.74) is 1.40. The fourth-order valence-electron chi connectivity index (χ4n) is 3.63. The number of hydrogen-bond acceptors (Lipinski definition) is 4. The van der Waals surface area contributed by atoms with Crippen molar-refractivity contribution in [2.75, 3.05) is 32.8 Å². The van der Waals surface area contributed by atoms with Crippen molar-refractivity contribution in [3.05, 3.63) is 11.6 Å². The monoisotopic (exact) mass is 379 g/mol. The number of amides is 3. The number of carbonyl (C=O) groups excluding carboxylic acids is 3. The van der Waals surface area contributed by atoms with Crippen molar-refractivity contribution in [3.63, 3.8) is 0 Å². The van der Waals surface area contributed by atoms with E-state index in [1.807, 2.05) is 0 Å². The standard InChI is InChI=1S/C20H33N3O4/c1-3-27-20(26)22-13-10-18(11-14-22)21-19(25)15-23(16(2)24)12-9-17-7-5-4-6-8-17/h7,18H,3-6,8-15H2,1-2H3,(H,21,25). The van der Waals surface area contributed by atoms with Gasteiger partial charge in [-0.3, -0.25) is 9.59 Å². The number of allylic oxidation sites excluding steroid dienone is 1. The maximum atomic E-state index is 12.4. The van der Waals surface area contributed by atoms with Gasteiger partial charge in [0.15, 0.2) is 0 Å². The topological polar surface area (TPSA) is 79.0 Å². The van der Waals surface area contributed by atoms with Crippen molar-refractivity contribution in [1.82, 2.24) is 15.1 Å². The van der Waals surface area contributed by atoms with Gasteiger partial charge in [-0.25, -0.2) is 4.79 Å². The molecule has 2 aliphatic rings. The molecule has 7 heteroatoms. The summed E-state index contributed by atoms with van der Waals surface area (Å²) < 4.78 is 5.00. The molecule has 0 atom stereocenters. The summed E-state index contributed by atoms with van der Waals surface area (Å²) in [6.07, 6.45) is 8.95. The molecule has 0 saturated carbocycles. The number of nitrogens with one attached hydrogen (secondary N) is 1. The number of likely N-dealkylation sites (tertiary alicyclic amines) is 1. The number of carbonyl (C=O) groups is 3. The van der Waals surface area contributed by atoms with Gasteiger partial charge in [0.05, 0.1) is 13.2 Å². The van der Waals surface area contributed by atoms with E-state index in [0.29, 0.717) is 39.1 Å². The molecule has 0 aromatic heterocycles. The van der Waals surface area contributed by atoms with Crippen molar-refractivity contribution in [3.8, 4) is 0 Å². The van der Waals surface area contributed by atoms with Crippen LogP contribution in [0.3, 0.4) is 0 Å². The van der Waals surface area contributed by atoms with Crippen LogP contribution in [0.4, 0.5) is 4.79 Å². The Balaban J connectivity index is 1.73. The van der Waals surface area contributed by atoms with Crippen LogP contribution in [-0.2, 0) is 14.3 Å². The molecule has 1 N–H and O–H groups in total. The molecule has 1 saturated heterocycles. The molecule has 0 unspecified atom stereocenters. The normalized spacial score (nSPS) is 17.9. The lowest BCUT2D eigenvalue weighted by Crippen LogP contribution is -2.49. The molecule has 0 spiro atoms. The van der Waals surface area contributed by atoms with Gasteiger partial charge in [0.2, 0.25) is 11.8 Å². The molecule has 152 valence electrons. The lowest BCUT2D eigenvalue weighted by Gasteiger charge is -2.32. The Bertz CT molecular complexity index is 553. The van der Waals surface area contributed by atoms with E-state index in [1.54, 1.807) is 16.7 Å². The Morgan fingerprint density at radius 1 is 1.26 bits per heavy atom. The second kappa shape index (κ2) is 10.9. The van der Waals surface area contributed by atoms with Crippen molar-refractivity contribution in [1.29, 1.82) is 0 Å². The fraction of sp³-hybridized carbons (Fsp3) is 0.750. The zero-order chi connectivity index (χ0) is 19.6. The van der Waals surface area contributed by atoms with Crippen LogP contribution in [0.25, 0.3) is 0 Å². The highest BCUT2D eigenvalue weighted by Gasteiger charge is 2.25. The van der Waals surface area contributed by atoms with Crippen molar-refractivity contribution < 1.29 is 19.1 Å². The molecule has 2 rings (SSSR count). The SMILES string of the molecule is CCOC(=O)N1CCC(NC(=O)CN(CCC2=CCCCC2)C(C)=O)CC1. The van der Waals surface area contributed by atoms with Gasteiger partial charge in [0, 0.05) is 32.6 Å². The van der Waals surface area contributed by atoms with Crippen molar-refractivity contribution in [2.24, 2.45) is 0 Å². The summed E-state index contributed by atoms with van der Waals surface area (Å²) in [5.74, 6) is -0.198. The van der Waals surface area contributed by atoms with Crippen LogP contribution in [0, 0.1) is 0 Å². The van der Waals surface area contributed by atoms with Crippen LogP contribution >= 0.6 is 0 Å². The Morgan fingerprint density at radius 3 is 2.59 bits per heavy atom. The molecule has 1 aliphatic heterocycles. The first-order valence-electron chi connectivity index (χ1n) is 10.1. The Morgan fingerprint density at radius 2 is 2.00 bits per heavy atom. The molecule has 27 heavy (non-hydrogen) atoms. The Labute approximate surface area is 162 Å². The molecule has 1 heterocycles. The fourth-order valence-corrected chi connectivity index (χ4v) is 3.63. The number of piperidine rings is 1. The molecular weight excluding hydrogens is 346 g/mol. The zero-order valence-corrected chi connectivity index (χ0v) is 16.7. The van der Waals surface area contributed by atoms with E-state index in [0.717, 1.165) is 19.3 Å². The molecule has 0 radical (unpaired) electrons. The van der Waals surface area contributed by atoms with Crippen LogP contribution in [0.5, 0.6) is 0 Å². The first-order valence-corrected chi connectivity index (χ1v) is 10.1. The second-order valence-corrected chi connectivity index (χ2v) is 7.33. The summed E-state index contributed by atoms with van der Waals surface area (Å²) in [5, 5.41) is 3.01.